The van der Waals surface area contributed by atoms with E-state index in [2.05, 4.69) is 5.16 Å². The highest BCUT2D eigenvalue weighted by atomic mass is 16.6. The van der Waals surface area contributed by atoms with E-state index < -0.39 is 5.72 Å². The minimum Gasteiger partial charge on any atom is -0.497 e. The number of hydrogen-bond donors (Lipinski definition) is 1. The van der Waals surface area contributed by atoms with Crippen LogP contribution in [-0.4, -0.2) is 61.0 Å². The third-order valence-electron chi connectivity index (χ3n) is 4.26. The third-order valence-corrected chi connectivity index (χ3v) is 4.26. The van der Waals surface area contributed by atoms with Gasteiger partial charge in [-0.1, -0.05) is 17.3 Å². The smallest absolute Gasteiger partial charge is 0.254 e. The van der Waals surface area contributed by atoms with E-state index in [0.29, 0.717) is 0 Å². The number of likely N-dealkylation sites (N-methyl/N-ethyl adjacent to an activating group) is 2. The first kappa shape index (κ1) is 19.5. The molecule has 1 aliphatic rings. The maximum Gasteiger partial charge on any atom is 0.254 e. The van der Waals surface area contributed by atoms with Gasteiger partial charge in [0, 0.05) is 26.8 Å². The molecule has 1 N–H and O–H groups in total. The van der Waals surface area contributed by atoms with Gasteiger partial charge in [0.15, 0.2) is 0 Å². The molecular weight excluding hydrogens is 334 g/mol. The fraction of sp³-hybridized carbons (Fsp3) is 0.368. The van der Waals surface area contributed by atoms with Gasteiger partial charge in [0.05, 0.1) is 12.7 Å². The number of hydrogen-bond acceptors (Lipinski definition) is 6. The summed E-state index contributed by atoms with van der Waals surface area (Å²) in [4.78, 5) is 20.7. The zero-order valence-corrected chi connectivity index (χ0v) is 15.8. The van der Waals surface area contributed by atoms with Gasteiger partial charge in [-0.05, 0) is 36.8 Å². The largest absolute Gasteiger partial charge is 0.497 e. The SMILES string of the molecule is COc1ccc(CON=CC2(O)C(C(=O)N(C)C)=CC=C(C)N2C)cc1. The van der Waals surface area contributed by atoms with Crippen LogP contribution in [0.1, 0.15) is 12.5 Å². The van der Waals surface area contributed by atoms with Crippen LogP contribution in [-0.2, 0) is 16.2 Å². The van der Waals surface area contributed by atoms with E-state index in [9.17, 15) is 9.90 Å². The van der Waals surface area contributed by atoms with Gasteiger partial charge in [-0.15, -0.1) is 0 Å². The number of oxime groups is 1. The standard InChI is InChI=1S/C19H25N3O4/c1-14-6-11-17(18(23)21(2)3)19(24,22(14)4)13-20-26-12-15-7-9-16(25-5)10-8-15/h6-11,13,24H,12H2,1-5H3. The van der Waals surface area contributed by atoms with Crippen LogP contribution in [0.3, 0.4) is 0 Å². The minimum atomic E-state index is -1.68. The molecule has 7 heteroatoms. The highest BCUT2D eigenvalue weighted by Crippen LogP contribution is 2.28. The second-order valence-corrected chi connectivity index (χ2v) is 6.23. The molecule has 0 aromatic heterocycles. The van der Waals surface area contributed by atoms with Crippen LogP contribution >= 0.6 is 0 Å². The van der Waals surface area contributed by atoms with Crippen molar-refractivity contribution in [1.82, 2.24) is 9.80 Å². The molecule has 7 nitrogen and oxygen atoms in total. The normalized spacial score (nSPS) is 19.8. The summed E-state index contributed by atoms with van der Waals surface area (Å²) >= 11 is 0. The predicted molar refractivity (Wildman–Crippen MR) is 99.5 cm³/mol. The first-order chi connectivity index (χ1) is 12.3. The molecule has 26 heavy (non-hydrogen) atoms. The Bertz CT molecular complexity index is 738. The summed E-state index contributed by atoms with van der Waals surface area (Å²) < 4.78 is 5.11. The first-order valence-electron chi connectivity index (χ1n) is 8.16. The number of carbonyl (C=O) groups is 1. The number of benzene rings is 1. The highest BCUT2D eigenvalue weighted by molar-refractivity contribution is 6.00. The van der Waals surface area contributed by atoms with Crippen LogP contribution in [0.5, 0.6) is 5.75 Å². The Kier molecular flexibility index (Phi) is 6.05. The van der Waals surface area contributed by atoms with Crippen LogP contribution in [0.25, 0.3) is 0 Å². The van der Waals surface area contributed by atoms with Gasteiger partial charge in [0.2, 0.25) is 5.72 Å². The number of ether oxygens (including phenoxy) is 1. The maximum absolute atomic E-state index is 12.4. The molecule has 1 aromatic carbocycles. The first-order valence-corrected chi connectivity index (χ1v) is 8.16. The van der Waals surface area contributed by atoms with Crippen LogP contribution in [0.15, 0.2) is 52.8 Å². The van der Waals surface area contributed by atoms with Crippen LogP contribution in [0.2, 0.25) is 0 Å². The lowest BCUT2D eigenvalue weighted by atomic mass is 9.96. The quantitative estimate of drug-likeness (QED) is 0.619. The molecule has 1 aromatic rings. The molecule has 0 aliphatic carbocycles. The molecule has 0 fully saturated rings. The molecule has 2 rings (SSSR count). The predicted octanol–water partition coefficient (Wildman–Crippen LogP) is 1.75. The van der Waals surface area contributed by atoms with Gasteiger partial charge in [-0.25, -0.2) is 0 Å². The summed E-state index contributed by atoms with van der Waals surface area (Å²) in [6.45, 7) is 2.07. The minimum absolute atomic E-state index is 0.201. The van der Waals surface area contributed by atoms with Crippen molar-refractivity contribution in [3.63, 3.8) is 0 Å². The maximum atomic E-state index is 12.4. The lowest BCUT2D eigenvalue weighted by Crippen LogP contribution is -2.53. The van der Waals surface area contributed by atoms with E-state index in [1.54, 1.807) is 45.3 Å². The van der Waals surface area contributed by atoms with E-state index >= 15 is 0 Å². The molecule has 0 saturated heterocycles. The van der Waals surface area contributed by atoms with Crippen LogP contribution < -0.4 is 4.74 Å². The molecule has 140 valence electrons. The van der Waals surface area contributed by atoms with Gasteiger partial charge >= 0.3 is 0 Å². The second-order valence-electron chi connectivity index (χ2n) is 6.23. The topological polar surface area (TPSA) is 74.6 Å². The molecule has 1 atom stereocenters. The van der Waals surface area contributed by atoms with Crippen molar-refractivity contribution in [3.05, 3.63) is 53.3 Å². The number of amides is 1. The summed E-state index contributed by atoms with van der Waals surface area (Å²) in [6.07, 6.45) is 4.62. The van der Waals surface area contributed by atoms with Gasteiger partial charge in [0.25, 0.3) is 5.91 Å². The van der Waals surface area contributed by atoms with Crippen molar-refractivity contribution in [2.45, 2.75) is 19.3 Å². The fourth-order valence-electron chi connectivity index (χ4n) is 2.46. The van der Waals surface area contributed by atoms with Gasteiger partial charge in [-0.2, -0.15) is 0 Å². The Balaban J connectivity index is 2.12. The number of nitrogens with zero attached hydrogens (tertiary/aromatic N) is 3. The number of carbonyl (C=O) groups excluding carboxylic acids is 1. The van der Waals surface area contributed by atoms with Crippen molar-refractivity contribution in [3.8, 4) is 5.75 Å². The molecule has 1 heterocycles. The highest BCUT2D eigenvalue weighted by Gasteiger charge is 2.41. The Morgan fingerprint density at radius 3 is 2.54 bits per heavy atom. The summed E-state index contributed by atoms with van der Waals surface area (Å²) in [5.41, 5.74) is 0.222. The Morgan fingerprint density at radius 2 is 1.96 bits per heavy atom. The average Bonchev–Trinajstić information content (AvgIpc) is 2.63. The van der Waals surface area contributed by atoms with Crippen molar-refractivity contribution in [2.24, 2.45) is 5.16 Å². The second kappa shape index (κ2) is 8.05. The Hall–Kier alpha value is -2.80. The Labute approximate surface area is 153 Å². The van der Waals surface area contributed by atoms with Gasteiger partial charge in [-0.3, -0.25) is 4.79 Å². The monoisotopic (exact) mass is 359 g/mol. The van der Waals surface area contributed by atoms with E-state index in [0.717, 1.165) is 17.0 Å². The Morgan fingerprint density at radius 1 is 1.31 bits per heavy atom. The fourth-order valence-corrected chi connectivity index (χ4v) is 2.46. The number of allylic oxidation sites excluding steroid dienone is 3. The summed E-state index contributed by atoms with van der Waals surface area (Å²) in [5, 5.41) is 15.0. The molecule has 0 spiro atoms. The molecule has 1 aliphatic heterocycles. The van der Waals surface area contributed by atoms with Crippen molar-refractivity contribution >= 4 is 12.1 Å². The molecule has 0 saturated carbocycles. The van der Waals surface area contributed by atoms with Crippen molar-refractivity contribution < 1.29 is 19.5 Å². The van der Waals surface area contributed by atoms with Crippen LogP contribution in [0.4, 0.5) is 0 Å². The lowest BCUT2D eigenvalue weighted by Gasteiger charge is -2.39. The van der Waals surface area contributed by atoms with E-state index in [-0.39, 0.29) is 18.1 Å². The lowest BCUT2D eigenvalue weighted by molar-refractivity contribution is -0.128. The molecule has 1 unspecified atom stereocenters. The molecule has 0 radical (unpaired) electrons. The third kappa shape index (κ3) is 4.05. The molecule has 0 bridgehead atoms. The van der Waals surface area contributed by atoms with E-state index in [1.165, 1.54) is 11.1 Å². The summed E-state index contributed by atoms with van der Waals surface area (Å²) in [7, 11) is 6.56. The van der Waals surface area contributed by atoms with E-state index in [1.807, 2.05) is 31.2 Å². The number of aliphatic hydroxyl groups is 1. The van der Waals surface area contributed by atoms with Crippen molar-refractivity contribution in [2.75, 3.05) is 28.3 Å². The zero-order valence-electron chi connectivity index (χ0n) is 15.8. The molecule has 1 amide bonds. The molecular formula is C19H25N3O4. The summed E-state index contributed by atoms with van der Waals surface area (Å²) in [5.74, 6) is 0.458. The summed E-state index contributed by atoms with van der Waals surface area (Å²) in [6, 6.07) is 7.39. The van der Waals surface area contributed by atoms with E-state index in [4.69, 9.17) is 9.57 Å². The van der Waals surface area contributed by atoms with Gasteiger partial charge < -0.3 is 24.5 Å². The number of methoxy groups -OCH3 is 1. The average molecular weight is 359 g/mol. The van der Waals surface area contributed by atoms with Gasteiger partial charge in [0.1, 0.15) is 18.6 Å². The van der Waals surface area contributed by atoms with Crippen molar-refractivity contribution in [1.29, 1.82) is 0 Å². The zero-order chi connectivity index (χ0) is 19.3. The number of rotatable bonds is 6. The van der Waals surface area contributed by atoms with Crippen LogP contribution in [0, 0.1) is 0 Å².